The summed E-state index contributed by atoms with van der Waals surface area (Å²) in [5, 5.41) is 38.8. The zero-order valence-electron chi connectivity index (χ0n) is 12.5. The maximum atomic E-state index is 10.5. The standard InChI is InChI=1S/C15H16ClN3O5/c16-9-3-1-8(2-4-9)12-10-6-23-7-15(19(10)18-17-12)14(22)13(21)11(5-20)24-15/h1-4,11,13-14,20-22H,5-7H2/t11-,13-,14-,15-/m1/s1. The maximum absolute atomic E-state index is 10.5. The zero-order chi connectivity index (χ0) is 16.9. The molecule has 0 bridgehead atoms. The highest BCUT2D eigenvalue weighted by Gasteiger charge is 2.58. The van der Waals surface area contributed by atoms with Crippen molar-refractivity contribution in [2.75, 3.05) is 13.2 Å². The Morgan fingerprint density at radius 2 is 2.04 bits per heavy atom. The Balaban J connectivity index is 1.79. The zero-order valence-corrected chi connectivity index (χ0v) is 13.3. The van der Waals surface area contributed by atoms with E-state index < -0.39 is 30.6 Å². The molecule has 128 valence electrons. The van der Waals surface area contributed by atoms with Crippen LogP contribution in [0.3, 0.4) is 0 Å². The van der Waals surface area contributed by atoms with Gasteiger partial charge in [0, 0.05) is 10.6 Å². The number of hydrogen-bond acceptors (Lipinski definition) is 7. The Morgan fingerprint density at radius 3 is 2.71 bits per heavy atom. The van der Waals surface area contributed by atoms with Gasteiger partial charge in [-0.2, -0.15) is 0 Å². The summed E-state index contributed by atoms with van der Waals surface area (Å²) in [5.41, 5.74) is 0.600. The van der Waals surface area contributed by atoms with Crippen molar-refractivity contribution < 1.29 is 24.8 Å². The molecule has 1 spiro atoms. The first kappa shape index (κ1) is 15.9. The number of rotatable bonds is 2. The van der Waals surface area contributed by atoms with Gasteiger partial charge in [-0.25, -0.2) is 4.68 Å². The van der Waals surface area contributed by atoms with Gasteiger partial charge >= 0.3 is 0 Å². The van der Waals surface area contributed by atoms with Gasteiger partial charge in [-0.15, -0.1) is 5.10 Å². The van der Waals surface area contributed by atoms with Crippen LogP contribution < -0.4 is 0 Å². The molecule has 24 heavy (non-hydrogen) atoms. The van der Waals surface area contributed by atoms with Crippen molar-refractivity contribution in [1.82, 2.24) is 15.0 Å². The van der Waals surface area contributed by atoms with Crippen LogP contribution >= 0.6 is 11.6 Å². The van der Waals surface area contributed by atoms with Crippen molar-refractivity contribution >= 4 is 11.6 Å². The number of benzene rings is 1. The van der Waals surface area contributed by atoms with Crippen LogP contribution in [0.5, 0.6) is 0 Å². The van der Waals surface area contributed by atoms with E-state index >= 15 is 0 Å². The lowest BCUT2D eigenvalue weighted by molar-refractivity contribution is -0.208. The van der Waals surface area contributed by atoms with E-state index in [9.17, 15) is 15.3 Å². The summed E-state index contributed by atoms with van der Waals surface area (Å²) in [7, 11) is 0. The monoisotopic (exact) mass is 353 g/mol. The van der Waals surface area contributed by atoms with Crippen LogP contribution in [0.4, 0.5) is 0 Å². The van der Waals surface area contributed by atoms with Crippen LogP contribution in [-0.2, 0) is 21.8 Å². The van der Waals surface area contributed by atoms with Crippen LogP contribution in [0.1, 0.15) is 5.69 Å². The molecular weight excluding hydrogens is 338 g/mol. The van der Waals surface area contributed by atoms with E-state index in [0.29, 0.717) is 16.4 Å². The van der Waals surface area contributed by atoms with Crippen molar-refractivity contribution in [3.63, 3.8) is 0 Å². The Morgan fingerprint density at radius 1 is 1.29 bits per heavy atom. The number of nitrogens with zero attached hydrogens (tertiary/aromatic N) is 3. The quantitative estimate of drug-likeness (QED) is 0.691. The summed E-state index contributed by atoms with van der Waals surface area (Å²) in [6.07, 6.45) is -3.46. The molecule has 2 aliphatic rings. The molecule has 9 heteroatoms. The predicted molar refractivity (Wildman–Crippen MR) is 82.1 cm³/mol. The Labute approximate surface area is 142 Å². The number of aliphatic hydroxyl groups is 3. The van der Waals surface area contributed by atoms with Gasteiger partial charge in [0.05, 0.1) is 25.5 Å². The Hall–Kier alpha value is -1.55. The van der Waals surface area contributed by atoms with Crippen LogP contribution in [0.15, 0.2) is 24.3 Å². The second-order valence-corrected chi connectivity index (χ2v) is 6.35. The molecule has 1 aromatic heterocycles. The SMILES string of the molecule is OC[C@H]1O[C@]2(COCc3c(-c4ccc(Cl)cc4)nnn32)[C@H](O)[C@@H]1O. The maximum Gasteiger partial charge on any atom is 0.215 e. The van der Waals surface area contributed by atoms with Crippen molar-refractivity contribution in [2.45, 2.75) is 30.6 Å². The highest BCUT2D eigenvalue weighted by Crippen LogP contribution is 2.40. The minimum Gasteiger partial charge on any atom is -0.394 e. The van der Waals surface area contributed by atoms with E-state index in [1.54, 1.807) is 12.1 Å². The first-order valence-electron chi connectivity index (χ1n) is 7.50. The fraction of sp³-hybridized carbons (Fsp3) is 0.467. The topological polar surface area (TPSA) is 110 Å². The molecule has 0 aliphatic carbocycles. The first-order valence-corrected chi connectivity index (χ1v) is 7.88. The molecule has 4 rings (SSSR count). The van der Waals surface area contributed by atoms with E-state index in [2.05, 4.69) is 10.3 Å². The smallest absolute Gasteiger partial charge is 0.215 e. The summed E-state index contributed by atoms with van der Waals surface area (Å²) in [6, 6.07) is 7.11. The lowest BCUT2D eigenvalue weighted by Gasteiger charge is -2.36. The van der Waals surface area contributed by atoms with Gasteiger partial charge in [-0.1, -0.05) is 28.9 Å². The number of hydrogen-bond donors (Lipinski definition) is 3. The van der Waals surface area contributed by atoms with E-state index in [1.165, 1.54) is 4.68 Å². The lowest BCUT2D eigenvalue weighted by Crippen LogP contribution is -2.52. The van der Waals surface area contributed by atoms with E-state index in [1.807, 2.05) is 12.1 Å². The minimum atomic E-state index is -1.40. The van der Waals surface area contributed by atoms with Gasteiger partial charge in [-0.05, 0) is 12.1 Å². The molecule has 0 saturated carbocycles. The van der Waals surface area contributed by atoms with Crippen LogP contribution in [0.2, 0.25) is 5.02 Å². The van der Waals surface area contributed by atoms with Crippen LogP contribution in [0, 0.1) is 0 Å². The molecule has 4 atom stereocenters. The third-order valence-electron chi connectivity index (χ3n) is 4.49. The van der Waals surface area contributed by atoms with Gasteiger partial charge in [0.15, 0.2) is 0 Å². The Kier molecular flexibility index (Phi) is 3.83. The van der Waals surface area contributed by atoms with Crippen LogP contribution in [-0.4, -0.2) is 61.8 Å². The van der Waals surface area contributed by atoms with Crippen molar-refractivity contribution in [2.24, 2.45) is 0 Å². The first-order chi connectivity index (χ1) is 11.6. The second-order valence-electron chi connectivity index (χ2n) is 5.92. The molecule has 8 nitrogen and oxygen atoms in total. The summed E-state index contributed by atoms with van der Waals surface area (Å²) in [4.78, 5) is 0. The molecule has 1 fully saturated rings. The molecule has 0 unspecified atom stereocenters. The molecule has 1 saturated heterocycles. The average Bonchev–Trinajstić information content (AvgIpc) is 3.13. The second kappa shape index (κ2) is 5.76. The highest BCUT2D eigenvalue weighted by atomic mass is 35.5. The lowest BCUT2D eigenvalue weighted by atomic mass is 10.0. The van der Waals surface area contributed by atoms with Crippen molar-refractivity contribution in [3.05, 3.63) is 35.0 Å². The number of aromatic nitrogens is 3. The summed E-state index contributed by atoms with van der Waals surface area (Å²) in [5.74, 6) is 0. The van der Waals surface area contributed by atoms with E-state index in [0.717, 1.165) is 5.56 Å². The molecule has 0 amide bonds. The summed E-state index contributed by atoms with van der Waals surface area (Å²) in [6.45, 7) is -0.186. The van der Waals surface area contributed by atoms with Crippen LogP contribution in [0.25, 0.3) is 11.3 Å². The third-order valence-corrected chi connectivity index (χ3v) is 4.74. The molecule has 0 radical (unpaired) electrons. The van der Waals surface area contributed by atoms with Crippen molar-refractivity contribution in [3.8, 4) is 11.3 Å². The third kappa shape index (κ3) is 2.19. The fourth-order valence-corrected chi connectivity index (χ4v) is 3.36. The normalized spacial score (nSPS) is 32.2. The summed E-state index contributed by atoms with van der Waals surface area (Å²) < 4.78 is 12.8. The molecule has 2 aromatic rings. The molecule has 3 heterocycles. The van der Waals surface area contributed by atoms with Gasteiger partial charge in [-0.3, -0.25) is 0 Å². The number of fused-ring (bicyclic) bond motifs is 2. The molecule has 1 aromatic carbocycles. The van der Waals surface area contributed by atoms with Gasteiger partial charge in [0.25, 0.3) is 0 Å². The number of aliphatic hydroxyl groups excluding tert-OH is 3. The number of halogens is 1. The van der Waals surface area contributed by atoms with E-state index in [-0.39, 0.29) is 13.2 Å². The largest absolute Gasteiger partial charge is 0.394 e. The fourth-order valence-electron chi connectivity index (χ4n) is 3.23. The predicted octanol–water partition coefficient (Wildman–Crippen LogP) is -0.106. The average molecular weight is 354 g/mol. The minimum absolute atomic E-state index is 0.00184. The van der Waals surface area contributed by atoms with E-state index in [4.69, 9.17) is 21.1 Å². The van der Waals surface area contributed by atoms with Gasteiger partial charge in [0.1, 0.15) is 24.0 Å². The highest BCUT2D eigenvalue weighted by molar-refractivity contribution is 6.30. The van der Waals surface area contributed by atoms with Gasteiger partial charge in [0.2, 0.25) is 5.72 Å². The Bertz CT molecular complexity index is 752. The molecular formula is C15H16ClN3O5. The summed E-state index contributed by atoms with van der Waals surface area (Å²) >= 11 is 5.91. The number of ether oxygens (including phenoxy) is 2. The molecule has 2 aliphatic heterocycles. The molecule has 3 N–H and O–H groups in total. The van der Waals surface area contributed by atoms with Crippen molar-refractivity contribution in [1.29, 1.82) is 0 Å². The van der Waals surface area contributed by atoms with Gasteiger partial charge < -0.3 is 24.8 Å².